The molecule has 1 aromatic carbocycles. The third kappa shape index (κ3) is 2.14. The molecule has 1 saturated heterocycles. The van der Waals surface area contributed by atoms with Crippen LogP contribution in [0.3, 0.4) is 0 Å². The average Bonchev–Trinajstić information content (AvgIpc) is 2.40. The molecule has 0 saturated carbocycles. The molecule has 0 atom stereocenters. The number of fused-ring (bicyclic) bond motifs is 1. The predicted octanol–water partition coefficient (Wildman–Crippen LogP) is 3.27. The highest BCUT2D eigenvalue weighted by molar-refractivity contribution is 5.59. The Balaban J connectivity index is 1.95. The third-order valence-corrected chi connectivity index (χ3v) is 4.48. The molecule has 2 heterocycles. The van der Waals surface area contributed by atoms with Crippen LogP contribution in [0.4, 0.5) is 5.69 Å². The minimum atomic E-state index is 0.719. The second-order valence-electron chi connectivity index (χ2n) is 5.75. The Morgan fingerprint density at radius 2 is 2.00 bits per heavy atom. The fraction of sp³-hybridized carbons (Fsp3) is 0.625. The standard InChI is InChI=1S/C16H23NO/c1-12-10-16-14(4-3-7-17(16)2)11-15(12)13-5-8-18-9-6-13/h10-11,13H,3-9H2,1-2H3. The van der Waals surface area contributed by atoms with E-state index in [1.165, 1.54) is 43.5 Å². The first-order chi connectivity index (χ1) is 8.75. The van der Waals surface area contributed by atoms with Gasteiger partial charge in [-0.3, -0.25) is 0 Å². The normalized spacial score (nSPS) is 20.9. The molecule has 0 bridgehead atoms. The number of hydrogen-bond acceptors (Lipinski definition) is 2. The highest BCUT2D eigenvalue weighted by Crippen LogP contribution is 2.35. The maximum atomic E-state index is 5.48. The van der Waals surface area contributed by atoms with Gasteiger partial charge in [0.2, 0.25) is 0 Å². The van der Waals surface area contributed by atoms with E-state index >= 15 is 0 Å². The summed E-state index contributed by atoms with van der Waals surface area (Å²) in [7, 11) is 2.21. The summed E-state index contributed by atoms with van der Waals surface area (Å²) in [5.41, 5.74) is 6.05. The molecule has 0 aliphatic carbocycles. The quantitative estimate of drug-likeness (QED) is 0.753. The maximum absolute atomic E-state index is 5.48. The molecule has 0 amide bonds. The van der Waals surface area contributed by atoms with Crippen molar-refractivity contribution in [2.45, 2.75) is 38.5 Å². The van der Waals surface area contributed by atoms with Gasteiger partial charge in [0.25, 0.3) is 0 Å². The summed E-state index contributed by atoms with van der Waals surface area (Å²) in [6.07, 6.45) is 4.92. The van der Waals surface area contributed by atoms with Crippen molar-refractivity contribution < 1.29 is 4.74 Å². The molecule has 0 N–H and O–H groups in total. The first-order valence-electron chi connectivity index (χ1n) is 7.18. The molecule has 2 aliphatic rings. The van der Waals surface area contributed by atoms with Gasteiger partial charge in [-0.05, 0) is 61.3 Å². The molecule has 0 unspecified atom stereocenters. The SMILES string of the molecule is Cc1cc2c(cc1C1CCOCC1)CCCN2C. The van der Waals surface area contributed by atoms with Crippen LogP contribution in [-0.4, -0.2) is 26.8 Å². The van der Waals surface area contributed by atoms with Gasteiger partial charge in [-0.25, -0.2) is 0 Å². The highest BCUT2D eigenvalue weighted by atomic mass is 16.5. The Labute approximate surface area is 110 Å². The molecule has 1 fully saturated rings. The monoisotopic (exact) mass is 245 g/mol. The molecule has 0 aromatic heterocycles. The second-order valence-corrected chi connectivity index (χ2v) is 5.75. The van der Waals surface area contributed by atoms with E-state index in [4.69, 9.17) is 4.74 Å². The third-order valence-electron chi connectivity index (χ3n) is 4.48. The van der Waals surface area contributed by atoms with E-state index in [9.17, 15) is 0 Å². The van der Waals surface area contributed by atoms with Crippen molar-refractivity contribution in [3.63, 3.8) is 0 Å². The van der Waals surface area contributed by atoms with Gasteiger partial charge in [0.1, 0.15) is 0 Å². The lowest BCUT2D eigenvalue weighted by molar-refractivity contribution is 0.0852. The van der Waals surface area contributed by atoms with Crippen LogP contribution >= 0.6 is 0 Å². The smallest absolute Gasteiger partial charge is 0.0471 e. The largest absolute Gasteiger partial charge is 0.381 e. The van der Waals surface area contributed by atoms with E-state index in [0.717, 1.165) is 19.1 Å². The molecule has 3 rings (SSSR count). The average molecular weight is 245 g/mol. The number of hydrogen-bond donors (Lipinski definition) is 0. The van der Waals surface area contributed by atoms with Crippen LogP contribution in [0.15, 0.2) is 12.1 Å². The van der Waals surface area contributed by atoms with Crippen molar-refractivity contribution in [2.75, 3.05) is 31.7 Å². The molecule has 0 radical (unpaired) electrons. The Morgan fingerprint density at radius 1 is 1.22 bits per heavy atom. The Hall–Kier alpha value is -1.02. The lowest BCUT2D eigenvalue weighted by Crippen LogP contribution is -2.25. The Kier molecular flexibility index (Phi) is 3.29. The van der Waals surface area contributed by atoms with Crippen molar-refractivity contribution in [1.82, 2.24) is 0 Å². The van der Waals surface area contributed by atoms with Crippen molar-refractivity contribution in [1.29, 1.82) is 0 Å². The van der Waals surface area contributed by atoms with Gasteiger partial charge < -0.3 is 9.64 Å². The van der Waals surface area contributed by atoms with E-state index < -0.39 is 0 Å². The van der Waals surface area contributed by atoms with Gasteiger partial charge in [0.05, 0.1) is 0 Å². The maximum Gasteiger partial charge on any atom is 0.0471 e. The van der Waals surface area contributed by atoms with E-state index in [0.29, 0.717) is 0 Å². The first kappa shape index (κ1) is 12.0. The summed E-state index contributed by atoms with van der Waals surface area (Å²) in [4.78, 5) is 2.40. The summed E-state index contributed by atoms with van der Waals surface area (Å²) >= 11 is 0. The van der Waals surface area contributed by atoms with Gasteiger partial charge >= 0.3 is 0 Å². The summed E-state index contributed by atoms with van der Waals surface area (Å²) in [5, 5.41) is 0. The molecule has 1 aromatic rings. The van der Waals surface area contributed by atoms with Crippen molar-refractivity contribution in [3.8, 4) is 0 Å². The number of nitrogens with zero attached hydrogens (tertiary/aromatic N) is 1. The van der Waals surface area contributed by atoms with Crippen molar-refractivity contribution >= 4 is 5.69 Å². The van der Waals surface area contributed by atoms with Gasteiger partial charge in [-0.1, -0.05) is 6.07 Å². The van der Waals surface area contributed by atoms with Gasteiger partial charge in [-0.2, -0.15) is 0 Å². The molecular weight excluding hydrogens is 222 g/mol. The summed E-state index contributed by atoms with van der Waals surface area (Å²) < 4.78 is 5.48. The lowest BCUT2D eigenvalue weighted by Gasteiger charge is -2.31. The molecule has 98 valence electrons. The predicted molar refractivity (Wildman–Crippen MR) is 75.6 cm³/mol. The van der Waals surface area contributed by atoms with E-state index in [2.05, 4.69) is 31.0 Å². The number of anilines is 1. The number of aryl methyl sites for hydroxylation is 2. The minimum absolute atomic E-state index is 0.719. The van der Waals surface area contributed by atoms with Gasteiger partial charge in [-0.15, -0.1) is 0 Å². The summed E-state index contributed by atoms with van der Waals surface area (Å²) in [5.74, 6) is 0.719. The zero-order valence-electron chi connectivity index (χ0n) is 11.5. The van der Waals surface area contributed by atoms with Crippen molar-refractivity contribution in [2.24, 2.45) is 0 Å². The van der Waals surface area contributed by atoms with Crippen LogP contribution in [-0.2, 0) is 11.2 Å². The summed E-state index contributed by atoms with van der Waals surface area (Å²) in [6.45, 7) is 5.33. The van der Waals surface area contributed by atoms with E-state index in [1.54, 1.807) is 11.1 Å². The van der Waals surface area contributed by atoms with Crippen molar-refractivity contribution in [3.05, 3.63) is 28.8 Å². The van der Waals surface area contributed by atoms with Crippen LogP contribution in [0.5, 0.6) is 0 Å². The van der Waals surface area contributed by atoms with Crippen LogP contribution in [0, 0.1) is 6.92 Å². The lowest BCUT2D eigenvalue weighted by atomic mass is 9.85. The van der Waals surface area contributed by atoms with Gasteiger partial charge in [0, 0.05) is 32.5 Å². The highest BCUT2D eigenvalue weighted by Gasteiger charge is 2.21. The zero-order chi connectivity index (χ0) is 12.5. The van der Waals surface area contributed by atoms with Crippen LogP contribution in [0.2, 0.25) is 0 Å². The topological polar surface area (TPSA) is 12.5 Å². The minimum Gasteiger partial charge on any atom is -0.381 e. The number of rotatable bonds is 1. The number of benzene rings is 1. The van der Waals surface area contributed by atoms with E-state index in [-0.39, 0.29) is 0 Å². The van der Waals surface area contributed by atoms with Crippen LogP contribution in [0.1, 0.15) is 41.9 Å². The molecule has 2 nitrogen and oxygen atoms in total. The first-order valence-corrected chi connectivity index (χ1v) is 7.18. The fourth-order valence-electron chi connectivity index (χ4n) is 3.39. The molecule has 0 spiro atoms. The Morgan fingerprint density at radius 3 is 2.78 bits per heavy atom. The van der Waals surface area contributed by atoms with Crippen LogP contribution in [0.25, 0.3) is 0 Å². The molecule has 2 aliphatic heterocycles. The molecule has 2 heteroatoms. The summed E-state index contributed by atoms with van der Waals surface area (Å²) in [6, 6.07) is 4.88. The molecular formula is C16H23NO. The Bertz CT molecular complexity index is 435. The second kappa shape index (κ2) is 4.93. The fourth-order valence-corrected chi connectivity index (χ4v) is 3.39. The van der Waals surface area contributed by atoms with E-state index in [1.807, 2.05) is 0 Å². The zero-order valence-corrected chi connectivity index (χ0v) is 11.5. The molecule has 18 heavy (non-hydrogen) atoms. The van der Waals surface area contributed by atoms with Gasteiger partial charge in [0.15, 0.2) is 0 Å². The number of ether oxygens (including phenoxy) is 1. The van der Waals surface area contributed by atoms with Crippen LogP contribution < -0.4 is 4.90 Å².